The molecule has 3 fully saturated rings. The Labute approximate surface area is 228 Å². The van der Waals surface area contributed by atoms with E-state index in [0.29, 0.717) is 48.6 Å². The molecule has 0 spiro atoms. The number of carbonyl (C=O) groups excluding carboxylic acids is 1. The molecule has 2 aromatic carbocycles. The van der Waals surface area contributed by atoms with E-state index >= 15 is 0 Å². The van der Waals surface area contributed by atoms with E-state index in [4.69, 9.17) is 27.9 Å². The maximum Gasteiger partial charge on any atom is 0.304 e. The summed E-state index contributed by atoms with van der Waals surface area (Å²) in [5.41, 5.74) is 1.20. The highest BCUT2D eigenvalue weighted by molar-refractivity contribution is 6.30. The molecule has 0 aromatic heterocycles. The highest BCUT2D eigenvalue weighted by atomic mass is 35.5. The molecule has 1 aliphatic carbocycles. The van der Waals surface area contributed by atoms with Gasteiger partial charge in [0, 0.05) is 41.0 Å². The van der Waals surface area contributed by atoms with E-state index in [9.17, 15) is 14.7 Å². The lowest BCUT2D eigenvalue weighted by molar-refractivity contribution is -0.149. The zero-order valence-corrected chi connectivity index (χ0v) is 22.4. The van der Waals surface area contributed by atoms with Gasteiger partial charge in [-0.25, -0.2) is 0 Å². The van der Waals surface area contributed by atoms with Crippen LogP contribution in [0.5, 0.6) is 0 Å². The number of aliphatic carboxylic acids is 1. The molecule has 0 radical (unpaired) electrons. The van der Waals surface area contributed by atoms with Crippen molar-refractivity contribution >= 4 is 35.1 Å². The number of carbonyl (C=O) groups is 2. The summed E-state index contributed by atoms with van der Waals surface area (Å²) in [7, 11) is 0. The second kappa shape index (κ2) is 11.3. The van der Waals surface area contributed by atoms with Crippen LogP contribution in [0, 0.1) is 11.3 Å². The Hall–Kier alpha value is -2.12. The molecule has 1 amide bonds. The lowest BCUT2D eigenvalue weighted by atomic mass is 9.63. The van der Waals surface area contributed by atoms with Gasteiger partial charge in [-0.3, -0.25) is 14.5 Å². The normalized spacial score (nSPS) is 27.5. The molecular formula is C29H34Cl2N2O4. The minimum atomic E-state index is -0.998. The van der Waals surface area contributed by atoms with E-state index in [-0.39, 0.29) is 30.2 Å². The van der Waals surface area contributed by atoms with Crippen molar-refractivity contribution in [3.63, 3.8) is 0 Å². The molecule has 4 unspecified atom stereocenters. The summed E-state index contributed by atoms with van der Waals surface area (Å²) in [5.74, 6) is -0.578. The number of rotatable bonds is 9. The minimum Gasteiger partial charge on any atom is -0.481 e. The van der Waals surface area contributed by atoms with E-state index < -0.39 is 11.4 Å². The van der Waals surface area contributed by atoms with Crippen molar-refractivity contribution in [3.8, 4) is 0 Å². The van der Waals surface area contributed by atoms with Gasteiger partial charge in [0.15, 0.2) is 0 Å². The van der Waals surface area contributed by atoms with Crippen molar-refractivity contribution in [1.82, 2.24) is 10.2 Å². The molecule has 2 heterocycles. The van der Waals surface area contributed by atoms with Crippen LogP contribution in [0.25, 0.3) is 0 Å². The summed E-state index contributed by atoms with van der Waals surface area (Å²) < 4.78 is 5.47. The highest BCUT2D eigenvalue weighted by Gasteiger charge is 2.52. The van der Waals surface area contributed by atoms with Gasteiger partial charge in [0.2, 0.25) is 5.91 Å². The van der Waals surface area contributed by atoms with Crippen LogP contribution in [0.1, 0.15) is 55.1 Å². The number of benzene rings is 2. The maximum atomic E-state index is 13.9. The lowest BCUT2D eigenvalue weighted by Crippen LogP contribution is -2.58. The SMILES string of the molecule is O=C(O)CC1(CCN2CCOCC2)CC(c2cccc(Cl)c2)C(C(c2ccc(Cl)cc2)C2CC2)NC1=O. The van der Waals surface area contributed by atoms with Gasteiger partial charge in [-0.1, -0.05) is 47.5 Å². The fourth-order valence-corrected chi connectivity index (χ4v) is 6.63. The Balaban J connectivity index is 1.51. The molecule has 4 atom stereocenters. The van der Waals surface area contributed by atoms with Gasteiger partial charge in [0.1, 0.15) is 0 Å². The monoisotopic (exact) mass is 544 g/mol. The van der Waals surface area contributed by atoms with Crippen molar-refractivity contribution in [3.05, 3.63) is 69.7 Å². The van der Waals surface area contributed by atoms with Crippen LogP contribution in [0.15, 0.2) is 48.5 Å². The first kappa shape index (κ1) is 26.5. The fourth-order valence-electron chi connectivity index (χ4n) is 6.30. The van der Waals surface area contributed by atoms with Crippen molar-refractivity contribution < 1.29 is 19.4 Å². The number of hydrogen-bond donors (Lipinski definition) is 2. The highest BCUT2D eigenvalue weighted by Crippen LogP contribution is 2.52. The summed E-state index contributed by atoms with van der Waals surface area (Å²) in [6, 6.07) is 15.6. The molecule has 2 saturated heterocycles. The number of nitrogens with zero attached hydrogens (tertiary/aromatic N) is 1. The number of ether oxygens (including phenoxy) is 1. The Morgan fingerprint density at radius 2 is 1.84 bits per heavy atom. The predicted octanol–water partition coefficient (Wildman–Crippen LogP) is 5.34. The van der Waals surface area contributed by atoms with E-state index in [1.54, 1.807) is 0 Å². The van der Waals surface area contributed by atoms with Crippen LogP contribution < -0.4 is 5.32 Å². The number of hydrogen-bond acceptors (Lipinski definition) is 4. The van der Waals surface area contributed by atoms with E-state index in [0.717, 1.165) is 37.1 Å². The third kappa shape index (κ3) is 6.14. The third-order valence-corrected chi connectivity index (χ3v) is 8.86. The number of carboxylic acids is 1. The molecule has 3 aliphatic rings. The van der Waals surface area contributed by atoms with Crippen LogP contribution in [-0.4, -0.2) is 60.8 Å². The Morgan fingerprint density at radius 1 is 1.11 bits per heavy atom. The number of morpholine rings is 1. The van der Waals surface area contributed by atoms with Crippen LogP contribution >= 0.6 is 23.2 Å². The fraction of sp³-hybridized carbons (Fsp3) is 0.517. The zero-order valence-electron chi connectivity index (χ0n) is 20.9. The van der Waals surface area contributed by atoms with Gasteiger partial charge >= 0.3 is 5.97 Å². The van der Waals surface area contributed by atoms with Gasteiger partial charge in [0.25, 0.3) is 0 Å². The predicted molar refractivity (Wildman–Crippen MR) is 144 cm³/mol. The van der Waals surface area contributed by atoms with Crippen molar-refractivity contribution in [1.29, 1.82) is 0 Å². The number of nitrogens with one attached hydrogen (secondary N) is 1. The summed E-state index contributed by atoms with van der Waals surface area (Å²) >= 11 is 12.6. The zero-order chi connectivity index (χ0) is 26.0. The summed E-state index contributed by atoms with van der Waals surface area (Å²) in [6.07, 6.45) is 2.99. The second-order valence-corrected chi connectivity index (χ2v) is 11.7. The molecule has 37 heavy (non-hydrogen) atoms. The molecular weight excluding hydrogens is 511 g/mol. The van der Waals surface area contributed by atoms with Crippen LogP contribution in [0.3, 0.4) is 0 Å². The van der Waals surface area contributed by atoms with Gasteiger partial charge in [-0.15, -0.1) is 0 Å². The number of halogens is 2. The topological polar surface area (TPSA) is 78.9 Å². The molecule has 0 bridgehead atoms. The third-order valence-electron chi connectivity index (χ3n) is 8.37. The molecule has 1 saturated carbocycles. The molecule has 8 heteroatoms. The second-order valence-electron chi connectivity index (χ2n) is 10.8. The molecule has 2 N–H and O–H groups in total. The van der Waals surface area contributed by atoms with Gasteiger partial charge in [-0.2, -0.15) is 0 Å². The largest absolute Gasteiger partial charge is 0.481 e. The Kier molecular flexibility index (Phi) is 8.10. The first-order chi connectivity index (χ1) is 17.8. The Morgan fingerprint density at radius 3 is 2.49 bits per heavy atom. The standard InChI is InChI=1S/C29H34Cl2N2O4/c30-22-8-6-20(7-9-22)26(19-4-5-19)27-24(21-2-1-3-23(31)16-21)17-29(18-25(34)35,28(36)32-27)10-11-33-12-14-37-15-13-33/h1-3,6-9,16,19,24,26-27H,4-5,10-15,17-18H2,(H,32,36)(H,34,35). The quantitative estimate of drug-likeness (QED) is 0.445. The van der Waals surface area contributed by atoms with Gasteiger partial charge in [-0.05, 0) is 73.5 Å². The maximum absolute atomic E-state index is 13.9. The van der Waals surface area contributed by atoms with E-state index in [2.05, 4.69) is 28.4 Å². The molecule has 5 rings (SSSR count). The van der Waals surface area contributed by atoms with Crippen LogP contribution in [-0.2, 0) is 14.3 Å². The summed E-state index contributed by atoms with van der Waals surface area (Å²) in [4.78, 5) is 28.3. The minimum absolute atomic E-state index is 0.0679. The first-order valence-electron chi connectivity index (χ1n) is 13.2. The first-order valence-corrected chi connectivity index (χ1v) is 13.9. The number of carboxylic acid groups (broad SMARTS) is 1. The average Bonchev–Trinajstić information content (AvgIpc) is 3.71. The smallest absolute Gasteiger partial charge is 0.304 e. The molecule has 2 aliphatic heterocycles. The van der Waals surface area contributed by atoms with Crippen molar-refractivity contribution in [2.24, 2.45) is 11.3 Å². The van der Waals surface area contributed by atoms with E-state index in [1.807, 2.05) is 30.3 Å². The lowest BCUT2D eigenvalue weighted by Gasteiger charge is -2.47. The van der Waals surface area contributed by atoms with Gasteiger partial charge < -0.3 is 15.2 Å². The van der Waals surface area contributed by atoms with Crippen LogP contribution in [0.2, 0.25) is 10.0 Å². The summed E-state index contributed by atoms with van der Waals surface area (Å²) in [6.45, 7) is 3.59. The average molecular weight is 546 g/mol. The number of piperidine rings is 1. The molecule has 198 valence electrons. The summed E-state index contributed by atoms with van der Waals surface area (Å²) in [5, 5.41) is 14.6. The molecule has 6 nitrogen and oxygen atoms in total. The van der Waals surface area contributed by atoms with E-state index in [1.165, 1.54) is 0 Å². The Bertz CT molecular complexity index is 1120. The van der Waals surface area contributed by atoms with Gasteiger partial charge in [0.05, 0.1) is 25.0 Å². The van der Waals surface area contributed by atoms with Crippen molar-refractivity contribution in [2.45, 2.75) is 50.0 Å². The van der Waals surface area contributed by atoms with Crippen LogP contribution in [0.4, 0.5) is 0 Å². The van der Waals surface area contributed by atoms with Crippen molar-refractivity contribution in [2.75, 3.05) is 32.8 Å². The number of amides is 1. The molecule has 2 aromatic rings.